The van der Waals surface area contributed by atoms with Crippen molar-refractivity contribution in [1.82, 2.24) is 0 Å². The van der Waals surface area contributed by atoms with Crippen LogP contribution in [0.3, 0.4) is 0 Å². The van der Waals surface area contributed by atoms with Crippen molar-refractivity contribution in [3.63, 3.8) is 0 Å². The molecule has 0 fully saturated rings. The average molecular weight is 297 g/mol. The van der Waals surface area contributed by atoms with E-state index in [-0.39, 0.29) is 28.7 Å². The maximum absolute atomic E-state index is 13.6. The first-order chi connectivity index (χ1) is 9.50. The molecule has 104 valence electrons. The number of hydrogen-bond donors (Lipinski definition) is 2. The summed E-state index contributed by atoms with van der Waals surface area (Å²) < 4.78 is 13.6. The molecule has 0 atom stereocenters. The number of nitro benzene ring substituents is 1. The van der Waals surface area contributed by atoms with Crippen LogP contribution in [0.2, 0.25) is 5.02 Å². The van der Waals surface area contributed by atoms with Crippen molar-refractivity contribution >= 4 is 23.0 Å². The van der Waals surface area contributed by atoms with Gasteiger partial charge in [0.1, 0.15) is 11.4 Å². The van der Waals surface area contributed by atoms with Gasteiger partial charge in [-0.25, -0.2) is 4.39 Å². The van der Waals surface area contributed by atoms with Gasteiger partial charge in [-0.3, -0.25) is 10.1 Å². The minimum absolute atomic E-state index is 0.00810. The van der Waals surface area contributed by atoms with E-state index >= 15 is 0 Å². The van der Waals surface area contributed by atoms with E-state index < -0.39 is 10.7 Å². The van der Waals surface area contributed by atoms with Crippen molar-refractivity contribution < 1.29 is 14.4 Å². The summed E-state index contributed by atoms with van der Waals surface area (Å²) in [5.41, 5.74) is -0.182. The first kappa shape index (κ1) is 14.1. The van der Waals surface area contributed by atoms with Crippen LogP contribution in [0.4, 0.5) is 15.8 Å². The summed E-state index contributed by atoms with van der Waals surface area (Å²) in [6.07, 6.45) is 0. The van der Waals surface area contributed by atoms with Gasteiger partial charge >= 0.3 is 0 Å². The van der Waals surface area contributed by atoms with Gasteiger partial charge in [0.15, 0.2) is 5.82 Å². The summed E-state index contributed by atoms with van der Waals surface area (Å²) in [5.74, 6) is -0.874. The quantitative estimate of drug-likeness (QED) is 0.666. The van der Waals surface area contributed by atoms with Gasteiger partial charge in [-0.05, 0) is 12.1 Å². The van der Waals surface area contributed by atoms with Crippen LogP contribution in [0.15, 0.2) is 36.4 Å². The van der Waals surface area contributed by atoms with Crippen LogP contribution >= 0.6 is 11.6 Å². The number of aromatic hydroxyl groups is 1. The van der Waals surface area contributed by atoms with Crippen molar-refractivity contribution in [2.24, 2.45) is 0 Å². The topological polar surface area (TPSA) is 75.4 Å². The Kier molecular flexibility index (Phi) is 4.05. The number of benzene rings is 2. The van der Waals surface area contributed by atoms with Gasteiger partial charge in [0, 0.05) is 18.2 Å². The zero-order valence-corrected chi connectivity index (χ0v) is 10.9. The van der Waals surface area contributed by atoms with Gasteiger partial charge in [-0.2, -0.15) is 0 Å². The maximum Gasteiger partial charge on any atom is 0.295 e. The molecule has 2 aromatic rings. The predicted molar refractivity (Wildman–Crippen MR) is 73.5 cm³/mol. The number of nitrogens with zero attached hydrogens (tertiary/aromatic N) is 1. The van der Waals surface area contributed by atoms with Crippen molar-refractivity contribution in [1.29, 1.82) is 0 Å². The predicted octanol–water partition coefficient (Wildman–Crippen LogP) is 3.71. The van der Waals surface area contributed by atoms with Gasteiger partial charge in [-0.15, -0.1) is 0 Å². The summed E-state index contributed by atoms with van der Waals surface area (Å²) in [6, 6.07) is 8.29. The van der Waals surface area contributed by atoms with Crippen LogP contribution in [0.25, 0.3) is 0 Å². The lowest BCUT2D eigenvalue weighted by molar-refractivity contribution is -0.384. The number of phenols is 1. The Morgan fingerprint density at radius 1 is 1.30 bits per heavy atom. The number of halogens is 2. The van der Waals surface area contributed by atoms with Crippen molar-refractivity contribution in [3.05, 3.63) is 62.9 Å². The molecule has 0 aliphatic carbocycles. The summed E-state index contributed by atoms with van der Waals surface area (Å²) in [5, 5.41) is 23.3. The number of phenolic OH excluding ortho intramolecular Hbond substituents is 1. The SMILES string of the molecule is O=[N+]([O-])c1cccc(F)c1NCc1cccc(Cl)c1O. The van der Waals surface area contributed by atoms with Crippen LogP contribution in [-0.4, -0.2) is 10.0 Å². The molecule has 0 aliphatic heterocycles. The molecule has 0 radical (unpaired) electrons. The van der Waals surface area contributed by atoms with Gasteiger partial charge < -0.3 is 10.4 Å². The molecule has 0 bridgehead atoms. The average Bonchev–Trinajstić information content (AvgIpc) is 2.41. The fourth-order valence-corrected chi connectivity index (χ4v) is 1.92. The molecule has 0 amide bonds. The minimum Gasteiger partial charge on any atom is -0.506 e. The molecule has 0 aliphatic rings. The Hall–Kier alpha value is -2.34. The van der Waals surface area contributed by atoms with Crippen molar-refractivity contribution in [2.45, 2.75) is 6.54 Å². The van der Waals surface area contributed by atoms with Crippen molar-refractivity contribution in [2.75, 3.05) is 5.32 Å². The lowest BCUT2D eigenvalue weighted by Crippen LogP contribution is -2.05. The van der Waals surface area contributed by atoms with E-state index in [9.17, 15) is 19.6 Å². The van der Waals surface area contributed by atoms with Gasteiger partial charge in [-0.1, -0.05) is 29.8 Å². The molecule has 0 unspecified atom stereocenters. The fourth-order valence-electron chi connectivity index (χ4n) is 1.73. The Morgan fingerprint density at radius 2 is 2.00 bits per heavy atom. The first-order valence-electron chi connectivity index (χ1n) is 5.64. The van der Waals surface area contributed by atoms with Gasteiger partial charge in [0.05, 0.1) is 9.95 Å². The Bertz CT molecular complexity index is 664. The molecule has 2 N–H and O–H groups in total. The Labute approximate surface area is 118 Å². The highest BCUT2D eigenvalue weighted by atomic mass is 35.5. The van der Waals surface area contributed by atoms with Crippen LogP contribution in [0, 0.1) is 15.9 Å². The van der Waals surface area contributed by atoms with E-state index in [1.165, 1.54) is 18.2 Å². The van der Waals surface area contributed by atoms with E-state index in [0.29, 0.717) is 5.56 Å². The fraction of sp³-hybridized carbons (Fsp3) is 0.0769. The zero-order chi connectivity index (χ0) is 14.7. The molecule has 0 aromatic heterocycles. The number of nitrogens with one attached hydrogen (secondary N) is 1. The number of hydrogen-bond acceptors (Lipinski definition) is 4. The van der Waals surface area contributed by atoms with Crippen LogP contribution in [-0.2, 0) is 6.54 Å². The van der Waals surface area contributed by atoms with Crippen LogP contribution < -0.4 is 5.32 Å². The molecule has 7 heteroatoms. The first-order valence-corrected chi connectivity index (χ1v) is 6.01. The minimum atomic E-state index is -0.735. The third-order valence-corrected chi connectivity index (χ3v) is 3.02. The molecule has 0 saturated carbocycles. The van der Waals surface area contributed by atoms with E-state index in [4.69, 9.17) is 11.6 Å². The molecule has 20 heavy (non-hydrogen) atoms. The number of para-hydroxylation sites is 2. The maximum atomic E-state index is 13.6. The second-order valence-electron chi connectivity index (χ2n) is 3.99. The summed E-state index contributed by atoms with van der Waals surface area (Å²) in [7, 11) is 0. The van der Waals surface area contributed by atoms with E-state index in [2.05, 4.69) is 5.32 Å². The van der Waals surface area contributed by atoms with Crippen LogP contribution in [0.5, 0.6) is 5.75 Å². The second-order valence-corrected chi connectivity index (χ2v) is 4.40. The molecular weight excluding hydrogens is 287 g/mol. The molecule has 0 spiro atoms. The standard InChI is InChI=1S/C13H10ClFN2O3/c14-9-4-1-3-8(13(9)18)7-16-12-10(15)5-2-6-11(12)17(19)20/h1-6,16,18H,7H2. The molecule has 2 aromatic carbocycles. The van der Waals surface area contributed by atoms with E-state index in [1.807, 2.05) is 0 Å². The monoisotopic (exact) mass is 296 g/mol. The van der Waals surface area contributed by atoms with E-state index in [0.717, 1.165) is 6.07 Å². The molecule has 2 rings (SSSR count). The lowest BCUT2D eigenvalue weighted by Gasteiger charge is -2.10. The largest absolute Gasteiger partial charge is 0.506 e. The molecule has 0 saturated heterocycles. The zero-order valence-electron chi connectivity index (χ0n) is 10.1. The van der Waals surface area contributed by atoms with Crippen molar-refractivity contribution in [3.8, 4) is 5.75 Å². The normalized spacial score (nSPS) is 10.3. The van der Waals surface area contributed by atoms with Crippen LogP contribution in [0.1, 0.15) is 5.56 Å². The summed E-state index contributed by atoms with van der Waals surface area (Å²) in [6.45, 7) is 0.00810. The highest BCUT2D eigenvalue weighted by Gasteiger charge is 2.17. The summed E-state index contributed by atoms with van der Waals surface area (Å²) >= 11 is 5.75. The Morgan fingerprint density at radius 3 is 2.70 bits per heavy atom. The summed E-state index contributed by atoms with van der Waals surface area (Å²) in [4.78, 5) is 10.2. The number of rotatable bonds is 4. The van der Waals surface area contributed by atoms with Gasteiger partial charge in [0.25, 0.3) is 5.69 Å². The molecular formula is C13H10ClFN2O3. The number of anilines is 1. The number of nitro groups is 1. The third kappa shape index (κ3) is 2.80. The highest BCUT2D eigenvalue weighted by Crippen LogP contribution is 2.30. The molecule has 5 nitrogen and oxygen atoms in total. The Balaban J connectivity index is 2.27. The lowest BCUT2D eigenvalue weighted by atomic mass is 10.2. The van der Waals surface area contributed by atoms with E-state index in [1.54, 1.807) is 12.1 Å². The molecule has 0 heterocycles. The smallest absolute Gasteiger partial charge is 0.295 e. The van der Waals surface area contributed by atoms with Gasteiger partial charge in [0.2, 0.25) is 0 Å². The second kappa shape index (κ2) is 5.75. The highest BCUT2D eigenvalue weighted by molar-refractivity contribution is 6.32. The third-order valence-electron chi connectivity index (χ3n) is 2.71.